The number of hydrogen-bond donors (Lipinski definition) is 3. The summed E-state index contributed by atoms with van der Waals surface area (Å²) >= 11 is 17.1. The molecule has 0 aromatic carbocycles. The van der Waals surface area contributed by atoms with Crippen LogP contribution >= 0.6 is 34.8 Å². The van der Waals surface area contributed by atoms with Crippen LogP contribution in [0.5, 0.6) is 0 Å². The first-order chi connectivity index (χ1) is 10.4. The average Bonchev–Trinajstić information content (AvgIpc) is 2.42. The van der Waals surface area contributed by atoms with E-state index in [-0.39, 0.29) is 52.2 Å². The van der Waals surface area contributed by atoms with Gasteiger partial charge in [-0.05, 0) is 16.2 Å². The molecule has 0 aromatic rings. The van der Waals surface area contributed by atoms with Crippen molar-refractivity contribution in [2.45, 2.75) is 78.4 Å². The molecule has 6 heteroatoms. The first-order valence-corrected chi connectivity index (χ1v) is 9.50. The van der Waals surface area contributed by atoms with Gasteiger partial charge in [0.25, 0.3) is 0 Å². The second-order valence-electron chi connectivity index (χ2n) is 9.05. The van der Waals surface area contributed by atoms with E-state index in [1.807, 2.05) is 62.3 Å². The van der Waals surface area contributed by atoms with Crippen LogP contribution in [0.15, 0.2) is 0 Å². The van der Waals surface area contributed by atoms with Gasteiger partial charge in [-0.2, -0.15) is 0 Å². The van der Waals surface area contributed by atoms with Gasteiger partial charge in [-0.25, -0.2) is 0 Å². The van der Waals surface area contributed by atoms with E-state index in [4.69, 9.17) is 50.1 Å². The fourth-order valence-electron chi connectivity index (χ4n) is 0.822. The minimum atomic E-state index is -0.123. The predicted octanol–water partition coefficient (Wildman–Crippen LogP) is 4.90. The maximum atomic E-state index is 8.54. The van der Waals surface area contributed by atoms with Crippen molar-refractivity contribution in [1.82, 2.24) is 0 Å². The number of aliphatic hydroxyl groups is 3. The quantitative estimate of drug-likeness (QED) is 0.581. The molecule has 3 nitrogen and oxygen atoms in total. The second-order valence-corrected chi connectivity index (χ2v) is 10.6. The summed E-state index contributed by atoms with van der Waals surface area (Å²) < 4.78 is 0. The van der Waals surface area contributed by atoms with Gasteiger partial charge in [0.15, 0.2) is 0 Å². The number of rotatable bonds is 3. The maximum Gasteiger partial charge on any atom is 0.0615 e. The van der Waals surface area contributed by atoms with Crippen LogP contribution in [-0.4, -0.2) is 51.3 Å². The summed E-state index contributed by atoms with van der Waals surface area (Å²) in [5, 5.41) is 25.2. The molecule has 0 bridgehead atoms. The fourth-order valence-corrected chi connectivity index (χ4v) is 0.822. The van der Waals surface area contributed by atoms with Gasteiger partial charge in [-0.15, -0.1) is 34.8 Å². The zero-order valence-corrected chi connectivity index (χ0v) is 19.1. The summed E-state index contributed by atoms with van der Waals surface area (Å²) in [6.07, 6.45) is 0. The van der Waals surface area contributed by atoms with Crippen molar-refractivity contribution >= 4 is 34.8 Å². The smallest absolute Gasteiger partial charge is 0.0615 e. The lowest BCUT2D eigenvalue weighted by Gasteiger charge is -2.22. The van der Waals surface area contributed by atoms with E-state index in [2.05, 4.69) is 0 Å². The summed E-state index contributed by atoms with van der Waals surface area (Å²) in [4.78, 5) is 0. The minimum Gasteiger partial charge on any atom is -0.395 e. The Bertz CT molecular complexity index is 244. The van der Waals surface area contributed by atoms with E-state index < -0.39 is 0 Å². The lowest BCUT2D eigenvalue weighted by Crippen LogP contribution is -2.23. The van der Waals surface area contributed by atoms with Gasteiger partial charge in [0.1, 0.15) is 0 Å². The van der Waals surface area contributed by atoms with Gasteiger partial charge in [-0.3, -0.25) is 0 Å². The molecular formula is C18H39Cl3O3. The molecule has 3 N–H and O–H groups in total. The zero-order chi connectivity index (χ0) is 20.4. The molecule has 0 amide bonds. The Morgan fingerprint density at radius 1 is 0.500 bits per heavy atom. The topological polar surface area (TPSA) is 60.7 Å². The van der Waals surface area contributed by atoms with Crippen molar-refractivity contribution < 1.29 is 15.3 Å². The normalized spacial score (nSPS) is 16.1. The molecule has 0 unspecified atom stereocenters. The van der Waals surface area contributed by atoms with E-state index >= 15 is 0 Å². The van der Waals surface area contributed by atoms with Crippen LogP contribution in [-0.2, 0) is 0 Å². The Labute approximate surface area is 164 Å². The minimum absolute atomic E-state index is 0.0241. The average molecular weight is 410 g/mol. The van der Waals surface area contributed by atoms with Crippen LogP contribution in [0.1, 0.15) is 62.3 Å². The molecule has 0 radical (unpaired) electrons. The maximum absolute atomic E-state index is 8.54. The SMILES string of the molecule is CC(C)(C)[C@@H](Cl)CO.CC(C)(C)[C@@H](Cl)CO.CC(C)(C)[C@@H](Cl)CO. The number of aliphatic hydroxyl groups excluding tert-OH is 3. The third kappa shape index (κ3) is 17.6. The first kappa shape index (κ1) is 29.5. The highest BCUT2D eigenvalue weighted by atomic mass is 35.5. The lowest BCUT2D eigenvalue weighted by molar-refractivity contribution is 0.230. The third-order valence-corrected chi connectivity index (χ3v) is 5.68. The number of halogens is 3. The van der Waals surface area contributed by atoms with Gasteiger partial charge < -0.3 is 15.3 Å². The lowest BCUT2D eigenvalue weighted by atomic mass is 9.92. The molecule has 0 aliphatic heterocycles. The van der Waals surface area contributed by atoms with Crippen molar-refractivity contribution in [3.8, 4) is 0 Å². The van der Waals surface area contributed by atoms with Gasteiger partial charge in [0.05, 0.1) is 36.0 Å². The number of alkyl halides is 3. The van der Waals surface area contributed by atoms with Crippen molar-refractivity contribution in [2.24, 2.45) is 16.2 Å². The summed E-state index contributed by atoms with van der Waals surface area (Å²) in [6.45, 7) is 18.2. The highest BCUT2D eigenvalue weighted by Gasteiger charge is 2.21. The molecule has 0 saturated heterocycles. The van der Waals surface area contributed by atoms with Crippen molar-refractivity contribution in [3.05, 3.63) is 0 Å². The molecule has 0 aliphatic carbocycles. The number of hydrogen-bond acceptors (Lipinski definition) is 3. The molecular weight excluding hydrogens is 371 g/mol. The molecule has 0 heterocycles. The van der Waals surface area contributed by atoms with Crippen molar-refractivity contribution in [1.29, 1.82) is 0 Å². The molecule has 0 aliphatic rings. The van der Waals surface area contributed by atoms with Crippen LogP contribution in [0, 0.1) is 16.2 Å². The van der Waals surface area contributed by atoms with E-state index in [0.717, 1.165) is 0 Å². The van der Waals surface area contributed by atoms with Crippen LogP contribution in [0.3, 0.4) is 0 Å². The van der Waals surface area contributed by atoms with Gasteiger partial charge in [0.2, 0.25) is 0 Å². The second kappa shape index (κ2) is 13.0. The predicted molar refractivity (Wildman–Crippen MR) is 109 cm³/mol. The highest BCUT2D eigenvalue weighted by Crippen LogP contribution is 2.24. The summed E-state index contributed by atoms with van der Waals surface area (Å²) in [5.74, 6) is 0. The third-order valence-electron chi connectivity index (χ3n) is 3.30. The molecule has 0 fully saturated rings. The standard InChI is InChI=1S/3C6H13ClO/c3*1-6(2,3)5(7)4-8/h3*5,8H,4H2,1-3H3/t3*5-/m000/s1. The molecule has 0 aromatic heterocycles. The van der Waals surface area contributed by atoms with Crippen LogP contribution < -0.4 is 0 Å². The highest BCUT2D eigenvalue weighted by molar-refractivity contribution is 6.21. The van der Waals surface area contributed by atoms with Crippen molar-refractivity contribution in [3.63, 3.8) is 0 Å². The Balaban J connectivity index is -0.000000276. The molecule has 0 rings (SSSR count). The van der Waals surface area contributed by atoms with E-state index in [0.29, 0.717) is 0 Å². The Hall–Kier alpha value is 0.750. The monoisotopic (exact) mass is 408 g/mol. The van der Waals surface area contributed by atoms with E-state index in [9.17, 15) is 0 Å². The van der Waals surface area contributed by atoms with E-state index in [1.54, 1.807) is 0 Å². The van der Waals surface area contributed by atoms with Crippen LogP contribution in [0.2, 0.25) is 0 Å². The van der Waals surface area contributed by atoms with E-state index in [1.165, 1.54) is 0 Å². The van der Waals surface area contributed by atoms with Gasteiger partial charge in [-0.1, -0.05) is 62.3 Å². The zero-order valence-electron chi connectivity index (χ0n) is 16.8. The van der Waals surface area contributed by atoms with Gasteiger partial charge >= 0.3 is 0 Å². The Morgan fingerprint density at radius 3 is 0.625 bits per heavy atom. The van der Waals surface area contributed by atoms with Crippen LogP contribution in [0.25, 0.3) is 0 Å². The van der Waals surface area contributed by atoms with Gasteiger partial charge in [0, 0.05) is 0 Å². The Kier molecular flexibility index (Phi) is 16.0. The van der Waals surface area contributed by atoms with Crippen LogP contribution in [0.4, 0.5) is 0 Å². The van der Waals surface area contributed by atoms with Crippen molar-refractivity contribution in [2.75, 3.05) is 19.8 Å². The largest absolute Gasteiger partial charge is 0.395 e. The first-order valence-electron chi connectivity index (χ1n) is 8.19. The molecule has 0 spiro atoms. The fraction of sp³-hybridized carbons (Fsp3) is 1.00. The summed E-state index contributed by atoms with van der Waals surface area (Å²) in [5.41, 5.74) is 0.0723. The summed E-state index contributed by atoms with van der Waals surface area (Å²) in [6, 6.07) is 0. The molecule has 3 atom stereocenters. The molecule has 0 saturated carbocycles. The summed E-state index contributed by atoms with van der Waals surface area (Å²) in [7, 11) is 0. The Morgan fingerprint density at radius 2 is 0.625 bits per heavy atom. The molecule has 150 valence electrons. The molecule has 24 heavy (non-hydrogen) atoms.